The van der Waals surface area contributed by atoms with E-state index in [1.807, 2.05) is 0 Å². The summed E-state index contributed by atoms with van der Waals surface area (Å²) < 4.78 is 36.7. The zero-order valence-corrected chi connectivity index (χ0v) is 7.51. The quantitative estimate of drug-likeness (QED) is 0.649. The molecule has 0 aromatic heterocycles. The molecule has 1 saturated heterocycles. The average Bonchev–Trinajstić information content (AvgIpc) is 2.43. The van der Waals surface area contributed by atoms with Crippen LogP contribution in [-0.4, -0.2) is 29.6 Å². The number of carbonyl (C=O) groups is 1. The fraction of sp³-hybridized carbons (Fsp3) is 0.750. The highest BCUT2D eigenvalue weighted by molar-refractivity contribution is 5.79. The molecule has 1 aliphatic rings. The Balaban J connectivity index is 2.72. The Kier molecular flexibility index (Phi) is 2.69. The highest BCUT2D eigenvalue weighted by Crippen LogP contribution is 2.29. The molecule has 0 saturated carbocycles. The summed E-state index contributed by atoms with van der Waals surface area (Å²) in [7, 11) is 0. The normalized spacial score (nSPS) is 24.9. The van der Waals surface area contributed by atoms with Crippen molar-refractivity contribution in [3.05, 3.63) is 0 Å². The number of likely N-dealkylation sites (tertiary alicyclic amines) is 1. The van der Waals surface area contributed by atoms with E-state index < -0.39 is 24.0 Å². The Morgan fingerprint density at radius 2 is 2.21 bits per heavy atom. The van der Waals surface area contributed by atoms with Gasteiger partial charge in [0.1, 0.15) is 6.04 Å². The van der Waals surface area contributed by atoms with E-state index in [4.69, 9.17) is 5.26 Å². The van der Waals surface area contributed by atoms with E-state index in [1.165, 1.54) is 0 Å². The van der Waals surface area contributed by atoms with Crippen molar-refractivity contribution in [3.63, 3.8) is 0 Å². The van der Waals surface area contributed by atoms with E-state index in [2.05, 4.69) is 0 Å². The van der Waals surface area contributed by atoms with Gasteiger partial charge in [-0.2, -0.15) is 18.4 Å². The van der Waals surface area contributed by atoms with Gasteiger partial charge < -0.3 is 4.90 Å². The van der Waals surface area contributed by atoms with Gasteiger partial charge in [0.2, 0.25) is 5.91 Å². The summed E-state index contributed by atoms with van der Waals surface area (Å²) in [5.41, 5.74) is 0. The van der Waals surface area contributed by atoms with Crippen LogP contribution in [0.5, 0.6) is 0 Å². The summed E-state index contributed by atoms with van der Waals surface area (Å²) in [6.07, 6.45) is -4.52. The molecule has 3 nitrogen and oxygen atoms in total. The molecule has 2 atom stereocenters. The minimum absolute atomic E-state index is 0.100. The van der Waals surface area contributed by atoms with Crippen molar-refractivity contribution in [1.82, 2.24) is 4.90 Å². The first kappa shape index (κ1) is 10.8. The van der Waals surface area contributed by atoms with Crippen molar-refractivity contribution in [3.8, 4) is 6.07 Å². The molecule has 1 heterocycles. The predicted molar refractivity (Wildman–Crippen MR) is 41.0 cm³/mol. The molecular weight excluding hydrogens is 197 g/mol. The maximum atomic E-state index is 12.2. The first-order chi connectivity index (χ1) is 6.36. The largest absolute Gasteiger partial charge is 0.408 e. The van der Waals surface area contributed by atoms with Crippen molar-refractivity contribution < 1.29 is 18.0 Å². The number of nitriles is 1. The SMILES string of the molecule is CC(N1CC(C#N)CC1=O)C(F)(F)F. The van der Waals surface area contributed by atoms with E-state index in [-0.39, 0.29) is 13.0 Å². The molecular formula is C8H9F3N2O. The Labute approximate surface area is 79.1 Å². The second kappa shape index (κ2) is 3.48. The number of amides is 1. The average molecular weight is 206 g/mol. The van der Waals surface area contributed by atoms with Gasteiger partial charge in [0.15, 0.2) is 0 Å². The first-order valence-electron chi connectivity index (χ1n) is 4.12. The van der Waals surface area contributed by atoms with Gasteiger partial charge in [-0.05, 0) is 6.92 Å². The van der Waals surface area contributed by atoms with Gasteiger partial charge in [-0.15, -0.1) is 0 Å². The summed E-state index contributed by atoms with van der Waals surface area (Å²) in [5.74, 6) is -1.20. The van der Waals surface area contributed by atoms with Crippen LogP contribution in [0, 0.1) is 17.2 Å². The van der Waals surface area contributed by atoms with Gasteiger partial charge in [-0.3, -0.25) is 4.79 Å². The highest BCUT2D eigenvalue weighted by atomic mass is 19.4. The molecule has 0 bridgehead atoms. The zero-order valence-electron chi connectivity index (χ0n) is 7.51. The summed E-state index contributed by atoms with van der Waals surface area (Å²) in [5, 5.41) is 8.48. The molecule has 78 valence electrons. The van der Waals surface area contributed by atoms with Gasteiger partial charge in [-0.25, -0.2) is 0 Å². The highest BCUT2D eigenvalue weighted by Gasteiger charge is 2.45. The molecule has 1 rings (SSSR count). The molecule has 0 radical (unpaired) electrons. The molecule has 0 aromatic carbocycles. The van der Waals surface area contributed by atoms with Gasteiger partial charge in [0.25, 0.3) is 0 Å². The molecule has 14 heavy (non-hydrogen) atoms. The Hall–Kier alpha value is -1.25. The lowest BCUT2D eigenvalue weighted by Crippen LogP contribution is -2.44. The van der Waals surface area contributed by atoms with Gasteiger partial charge in [0, 0.05) is 13.0 Å². The standard InChI is InChI=1S/C8H9F3N2O/c1-5(8(9,10)11)13-4-6(3-12)2-7(13)14/h5-6H,2,4H2,1H3. The number of nitrogens with zero attached hydrogens (tertiary/aromatic N) is 2. The number of rotatable bonds is 1. The van der Waals surface area contributed by atoms with Crippen LogP contribution in [0.2, 0.25) is 0 Å². The van der Waals surface area contributed by atoms with E-state index in [1.54, 1.807) is 6.07 Å². The summed E-state index contributed by atoms with van der Waals surface area (Å²) >= 11 is 0. The van der Waals surface area contributed by atoms with Crippen molar-refractivity contribution in [2.45, 2.75) is 25.6 Å². The third-order valence-electron chi connectivity index (χ3n) is 2.28. The monoisotopic (exact) mass is 206 g/mol. The minimum atomic E-state index is -4.42. The molecule has 1 aliphatic heterocycles. The lowest BCUT2D eigenvalue weighted by atomic mass is 10.1. The van der Waals surface area contributed by atoms with Crippen LogP contribution in [0.25, 0.3) is 0 Å². The van der Waals surface area contributed by atoms with E-state index in [0.717, 1.165) is 6.92 Å². The van der Waals surface area contributed by atoms with Crippen LogP contribution in [0.15, 0.2) is 0 Å². The Bertz CT molecular complexity index is 281. The zero-order chi connectivity index (χ0) is 10.9. The van der Waals surface area contributed by atoms with Gasteiger partial charge in [0.05, 0.1) is 12.0 Å². The van der Waals surface area contributed by atoms with E-state index >= 15 is 0 Å². The summed E-state index contributed by atoms with van der Waals surface area (Å²) in [6.45, 7) is 0.813. The Morgan fingerprint density at radius 3 is 2.57 bits per heavy atom. The number of halogens is 3. The Morgan fingerprint density at radius 1 is 1.64 bits per heavy atom. The molecule has 1 amide bonds. The van der Waals surface area contributed by atoms with Crippen molar-refractivity contribution in [2.24, 2.45) is 5.92 Å². The third kappa shape index (κ3) is 1.97. The fourth-order valence-electron chi connectivity index (χ4n) is 1.37. The number of hydrogen-bond donors (Lipinski definition) is 0. The first-order valence-corrected chi connectivity index (χ1v) is 4.12. The second-order valence-electron chi connectivity index (χ2n) is 3.29. The van der Waals surface area contributed by atoms with Gasteiger partial charge in [-0.1, -0.05) is 0 Å². The molecule has 0 aromatic rings. The maximum Gasteiger partial charge on any atom is 0.408 e. The number of hydrogen-bond acceptors (Lipinski definition) is 2. The number of carbonyl (C=O) groups excluding carboxylic acids is 1. The topological polar surface area (TPSA) is 44.1 Å². The second-order valence-corrected chi connectivity index (χ2v) is 3.29. The molecule has 6 heteroatoms. The van der Waals surface area contributed by atoms with Crippen LogP contribution in [-0.2, 0) is 4.79 Å². The smallest absolute Gasteiger partial charge is 0.329 e. The minimum Gasteiger partial charge on any atom is -0.329 e. The predicted octanol–water partition coefficient (Wildman–Crippen LogP) is 1.31. The van der Waals surface area contributed by atoms with Gasteiger partial charge >= 0.3 is 6.18 Å². The van der Waals surface area contributed by atoms with Crippen LogP contribution in [0.4, 0.5) is 13.2 Å². The number of alkyl halides is 3. The van der Waals surface area contributed by atoms with Crippen LogP contribution < -0.4 is 0 Å². The molecule has 2 unspecified atom stereocenters. The lowest BCUT2D eigenvalue weighted by Gasteiger charge is -2.26. The lowest BCUT2D eigenvalue weighted by molar-refractivity contribution is -0.182. The summed E-state index contributed by atoms with van der Waals surface area (Å²) in [6, 6.07) is 0.00294. The van der Waals surface area contributed by atoms with E-state index in [9.17, 15) is 18.0 Å². The molecule has 0 N–H and O–H groups in total. The van der Waals surface area contributed by atoms with Crippen molar-refractivity contribution >= 4 is 5.91 Å². The molecule has 0 aliphatic carbocycles. The van der Waals surface area contributed by atoms with Crippen LogP contribution >= 0.6 is 0 Å². The van der Waals surface area contributed by atoms with Crippen LogP contribution in [0.3, 0.4) is 0 Å². The summed E-state index contributed by atoms with van der Waals surface area (Å²) in [4.78, 5) is 11.8. The van der Waals surface area contributed by atoms with Crippen molar-refractivity contribution in [2.75, 3.05) is 6.54 Å². The van der Waals surface area contributed by atoms with Crippen molar-refractivity contribution in [1.29, 1.82) is 5.26 Å². The van der Waals surface area contributed by atoms with Crippen LogP contribution in [0.1, 0.15) is 13.3 Å². The maximum absolute atomic E-state index is 12.2. The molecule has 0 spiro atoms. The fourth-order valence-corrected chi connectivity index (χ4v) is 1.37. The molecule has 1 fully saturated rings. The van der Waals surface area contributed by atoms with E-state index in [0.29, 0.717) is 4.90 Å². The third-order valence-corrected chi connectivity index (χ3v) is 2.28.